The highest BCUT2D eigenvalue weighted by Gasteiger charge is 2.25. The van der Waals surface area contributed by atoms with E-state index >= 15 is 0 Å². The third kappa shape index (κ3) is 5.65. The maximum absolute atomic E-state index is 12.2. The van der Waals surface area contributed by atoms with Gasteiger partial charge in [-0.1, -0.05) is 25.4 Å². The fourth-order valence-corrected chi connectivity index (χ4v) is 3.19. The van der Waals surface area contributed by atoms with Crippen molar-refractivity contribution in [3.8, 4) is 0 Å². The summed E-state index contributed by atoms with van der Waals surface area (Å²) in [5.41, 5.74) is 0. The number of benzene rings is 1. The third-order valence-corrected chi connectivity index (χ3v) is 4.62. The van der Waals surface area contributed by atoms with Crippen LogP contribution < -0.4 is 0 Å². The quantitative estimate of drug-likeness (QED) is 0.810. The van der Waals surface area contributed by atoms with E-state index < -0.39 is 34.0 Å². The van der Waals surface area contributed by atoms with Gasteiger partial charge in [0.05, 0.1) is 4.90 Å². The van der Waals surface area contributed by atoms with Gasteiger partial charge in [0.25, 0.3) is 0 Å². The first-order chi connectivity index (χ1) is 10.1. The molecule has 0 radical (unpaired) electrons. The van der Waals surface area contributed by atoms with Gasteiger partial charge in [-0.3, -0.25) is 9.59 Å². The van der Waals surface area contributed by atoms with E-state index in [0.29, 0.717) is 5.02 Å². The average Bonchev–Trinajstić information content (AvgIpc) is 2.36. The van der Waals surface area contributed by atoms with Gasteiger partial charge in [0.2, 0.25) is 5.91 Å². The van der Waals surface area contributed by atoms with E-state index in [4.69, 9.17) is 16.7 Å². The average molecular weight is 348 g/mol. The Morgan fingerprint density at radius 2 is 1.77 bits per heavy atom. The lowest BCUT2D eigenvalue weighted by molar-refractivity contribution is -0.143. The van der Waals surface area contributed by atoms with E-state index in [1.807, 2.05) is 13.8 Å². The van der Waals surface area contributed by atoms with Crippen molar-refractivity contribution in [2.75, 3.05) is 18.8 Å². The second-order valence-electron chi connectivity index (χ2n) is 5.27. The zero-order chi connectivity index (χ0) is 16.9. The van der Waals surface area contributed by atoms with Crippen LogP contribution in [-0.2, 0) is 19.4 Å². The number of halogens is 1. The molecule has 1 N–H and O–H groups in total. The normalized spacial score (nSPS) is 11.5. The van der Waals surface area contributed by atoms with Crippen LogP contribution in [-0.4, -0.2) is 49.1 Å². The maximum atomic E-state index is 12.2. The summed E-state index contributed by atoms with van der Waals surface area (Å²) in [5.74, 6) is -2.65. The highest BCUT2D eigenvalue weighted by Crippen LogP contribution is 2.16. The van der Waals surface area contributed by atoms with Crippen molar-refractivity contribution in [2.24, 2.45) is 5.92 Å². The van der Waals surface area contributed by atoms with Gasteiger partial charge in [0.15, 0.2) is 9.84 Å². The first-order valence-corrected chi connectivity index (χ1v) is 8.62. The van der Waals surface area contributed by atoms with Gasteiger partial charge in [0.1, 0.15) is 12.3 Å². The van der Waals surface area contributed by atoms with Crippen LogP contribution >= 0.6 is 11.6 Å². The highest BCUT2D eigenvalue weighted by molar-refractivity contribution is 7.92. The number of hydrogen-bond acceptors (Lipinski definition) is 4. The van der Waals surface area contributed by atoms with E-state index in [1.165, 1.54) is 24.3 Å². The summed E-state index contributed by atoms with van der Waals surface area (Å²) in [6.07, 6.45) is 0. The summed E-state index contributed by atoms with van der Waals surface area (Å²) in [4.78, 5) is 24.0. The summed E-state index contributed by atoms with van der Waals surface area (Å²) in [6, 6.07) is 5.47. The molecule has 8 heteroatoms. The molecule has 0 spiro atoms. The zero-order valence-corrected chi connectivity index (χ0v) is 13.9. The Bertz CT molecular complexity index is 640. The van der Waals surface area contributed by atoms with Crippen LogP contribution in [0.4, 0.5) is 0 Å². The van der Waals surface area contributed by atoms with Gasteiger partial charge in [-0.25, -0.2) is 8.42 Å². The van der Waals surface area contributed by atoms with Crippen LogP contribution in [0.25, 0.3) is 0 Å². The molecule has 1 aromatic carbocycles. The summed E-state index contributed by atoms with van der Waals surface area (Å²) >= 11 is 5.70. The van der Waals surface area contributed by atoms with Crippen molar-refractivity contribution < 1.29 is 23.1 Å². The molecule has 0 bridgehead atoms. The van der Waals surface area contributed by atoms with Crippen LogP contribution in [0.2, 0.25) is 5.02 Å². The molecule has 122 valence electrons. The lowest BCUT2D eigenvalue weighted by Gasteiger charge is -2.22. The lowest BCUT2D eigenvalue weighted by Crippen LogP contribution is -2.41. The number of amides is 1. The predicted octanol–water partition coefficient (Wildman–Crippen LogP) is 1.68. The number of rotatable bonds is 7. The van der Waals surface area contributed by atoms with Gasteiger partial charge < -0.3 is 10.0 Å². The van der Waals surface area contributed by atoms with Crippen LogP contribution in [0.1, 0.15) is 13.8 Å². The number of hydrogen-bond donors (Lipinski definition) is 1. The van der Waals surface area contributed by atoms with Crippen LogP contribution in [0.15, 0.2) is 29.2 Å². The fraction of sp³-hybridized carbons (Fsp3) is 0.429. The number of carbonyl (C=O) groups is 2. The molecule has 0 fully saturated rings. The fourth-order valence-electron chi connectivity index (χ4n) is 1.84. The van der Waals surface area contributed by atoms with Crippen molar-refractivity contribution in [3.05, 3.63) is 29.3 Å². The molecule has 0 aromatic heterocycles. The Balaban J connectivity index is 2.91. The third-order valence-electron chi connectivity index (χ3n) is 2.75. The number of carboxylic acid groups (broad SMARTS) is 1. The molecule has 0 atom stereocenters. The first kappa shape index (κ1) is 18.4. The van der Waals surface area contributed by atoms with E-state index in [-0.39, 0.29) is 17.4 Å². The predicted molar refractivity (Wildman–Crippen MR) is 82.6 cm³/mol. The summed E-state index contributed by atoms with van der Waals surface area (Å²) in [6.45, 7) is 3.29. The number of aliphatic carboxylic acids is 1. The van der Waals surface area contributed by atoms with Crippen LogP contribution in [0.3, 0.4) is 0 Å². The molecular formula is C14H18ClNO5S. The second kappa shape index (κ2) is 7.60. The molecule has 1 rings (SSSR count). The van der Waals surface area contributed by atoms with Crippen molar-refractivity contribution in [1.29, 1.82) is 0 Å². The molecule has 6 nitrogen and oxygen atoms in total. The Labute approximate surface area is 134 Å². The van der Waals surface area contributed by atoms with Crippen LogP contribution in [0.5, 0.6) is 0 Å². The molecule has 0 aliphatic carbocycles. The molecule has 0 aliphatic rings. The largest absolute Gasteiger partial charge is 0.480 e. The summed E-state index contributed by atoms with van der Waals surface area (Å²) in [7, 11) is -3.84. The van der Waals surface area contributed by atoms with Gasteiger partial charge >= 0.3 is 5.97 Å². The Morgan fingerprint density at radius 1 is 1.23 bits per heavy atom. The smallest absolute Gasteiger partial charge is 0.323 e. The standard InChI is InChI=1S/C14H18ClNO5S/c1-10(2)7-16(8-14(18)19)13(17)9-22(20,21)12-5-3-11(15)4-6-12/h3-6,10H,7-9H2,1-2H3,(H,18,19). The number of carbonyl (C=O) groups excluding carboxylic acids is 1. The SMILES string of the molecule is CC(C)CN(CC(=O)O)C(=O)CS(=O)(=O)c1ccc(Cl)cc1. The van der Waals surface area contributed by atoms with Crippen LogP contribution in [0, 0.1) is 5.92 Å². The molecule has 0 unspecified atom stereocenters. The number of nitrogens with zero attached hydrogens (tertiary/aromatic N) is 1. The molecule has 0 aliphatic heterocycles. The topological polar surface area (TPSA) is 91.8 Å². The van der Waals surface area contributed by atoms with Crippen molar-refractivity contribution >= 4 is 33.3 Å². The van der Waals surface area contributed by atoms with Crippen molar-refractivity contribution in [2.45, 2.75) is 18.7 Å². The molecule has 0 saturated heterocycles. The van der Waals surface area contributed by atoms with E-state index in [2.05, 4.69) is 0 Å². The Hall–Kier alpha value is -1.60. The highest BCUT2D eigenvalue weighted by atomic mass is 35.5. The van der Waals surface area contributed by atoms with Crippen molar-refractivity contribution in [3.63, 3.8) is 0 Å². The van der Waals surface area contributed by atoms with E-state index in [1.54, 1.807) is 0 Å². The number of carboxylic acids is 1. The van der Waals surface area contributed by atoms with E-state index in [0.717, 1.165) is 4.90 Å². The maximum Gasteiger partial charge on any atom is 0.323 e. The van der Waals surface area contributed by atoms with Gasteiger partial charge in [-0.2, -0.15) is 0 Å². The monoisotopic (exact) mass is 347 g/mol. The number of sulfone groups is 1. The molecule has 0 saturated carbocycles. The van der Waals surface area contributed by atoms with E-state index in [9.17, 15) is 18.0 Å². The minimum atomic E-state index is -3.84. The Morgan fingerprint density at radius 3 is 2.23 bits per heavy atom. The molecule has 1 amide bonds. The van der Waals surface area contributed by atoms with Gasteiger partial charge in [-0.05, 0) is 30.2 Å². The Kier molecular flexibility index (Phi) is 6.37. The molecule has 0 heterocycles. The minimum Gasteiger partial charge on any atom is -0.480 e. The molecule has 1 aromatic rings. The first-order valence-electron chi connectivity index (χ1n) is 6.59. The molecule has 22 heavy (non-hydrogen) atoms. The second-order valence-corrected chi connectivity index (χ2v) is 7.70. The summed E-state index contributed by atoms with van der Waals surface area (Å²) < 4.78 is 24.4. The summed E-state index contributed by atoms with van der Waals surface area (Å²) in [5, 5.41) is 9.22. The van der Waals surface area contributed by atoms with Crippen molar-refractivity contribution in [1.82, 2.24) is 4.90 Å². The van der Waals surface area contributed by atoms with Gasteiger partial charge in [-0.15, -0.1) is 0 Å². The zero-order valence-electron chi connectivity index (χ0n) is 12.3. The molecular weight excluding hydrogens is 330 g/mol. The lowest BCUT2D eigenvalue weighted by atomic mass is 10.2. The minimum absolute atomic E-state index is 0.0231. The van der Waals surface area contributed by atoms with Gasteiger partial charge in [0, 0.05) is 11.6 Å².